The fourth-order valence-electron chi connectivity index (χ4n) is 4.41. The van der Waals surface area contributed by atoms with Gasteiger partial charge in [0.1, 0.15) is 0 Å². The van der Waals surface area contributed by atoms with Gasteiger partial charge >= 0.3 is 5.97 Å². The molecule has 0 saturated heterocycles. The summed E-state index contributed by atoms with van der Waals surface area (Å²) in [6.45, 7) is 8.73. The Bertz CT molecular complexity index is 661. The fourth-order valence-corrected chi connectivity index (χ4v) is 4.41. The molecular weight excluding hydrogens is 288 g/mol. The zero-order chi connectivity index (χ0) is 16.7. The number of cyclic esters (lactones) is 1. The highest BCUT2D eigenvalue weighted by molar-refractivity contribution is 5.90. The third-order valence-electron chi connectivity index (χ3n) is 5.75. The Morgan fingerprint density at radius 2 is 1.96 bits per heavy atom. The molecule has 3 rings (SSSR count). The van der Waals surface area contributed by atoms with Crippen molar-refractivity contribution in [2.75, 3.05) is 0 Å². The first-order valence-corrected chi connectivity index (χ1v) is 8.48. The van der Waals surface area contributed by atoms with Gasteiger partial charge in [0.2, 0.25) is 0 Å². The Labute approximate surface area is 138 Å². The molecule has 1 atom stereocenters. The summed E-state index contributed by atoms with van der Waals surface area (Å²) in [5, 5.41) is 0. The predicted molar refractivity (Wildman–Crippen MR) is 89.6 cm³/mol. The van der Waals surface area contributed by atoms with Crippen molar-refractivity contribution in [2.24, 2.45) is 10.8 Å². The van der Waals surface area contributed by atoms with Gasteiger partial charge in [-0.05, 0) is 60.8 Å². The van der Waals surface area contributed by atoms with Crippen LogP contribution in [0.2, 0.25) is 0 Å². The summed E-state index contributed by atoms with van der Waals surface area (Å²) in [6, 6.07) is 1.99. The van der Waals surface area contributed by atoms with Gasteiger partial charge < -0.3 is 9.15 Å². The number of allylic oxidation sites excluding steroid dienone is 2. The molecule has 0 bridgehead atoms. The third-order valence-corrected chi connectivity index (χ3v) is 5.75. The lowest BCUT2D eigenvalue weighted by molar-refractivity contribution is -0.133. The number of hydrogen-bond donors (Lipinski definition) is 0. The molecule has 0 unspecified atom stereocenters. The summed E-state index contributed by atoms with van der Waals surface area (Å²) in [5.74, 6) is -0.203. The molecule has 1 aliphatic carbocycles. The maximum Gasteiger partial charge on any atom is 0.338 e. The first kappa shape index (κ1) is 16.1. The molecule has 2 heterocycles. The number of rotatable bonds is 3. The molecule has 0 radical (unpaired) electrons. The van der Waals surface area contributed by atoms with Crippen molar-refractivity contribution in [3.8, 4) is 0 Å². The number of furan rings is 1. The number of aryl methyl sites for hydroxylation is 1. The Morgan fingerprint density at radius 1 is 1.17 bits per heavy atom. The van der Waals surface area contributed by atoms with E-state index < -0.39 is 0 Å². The predicted octanol–water partition coefficient (Wildman–Crippen LogP) is 5.19. The van der Waals surface area contributed by atoms with Gasteiger partial charge in [0.15, 0.2) is 0 Å². The van der Waals surface area contributed by atoms with Crippen molar-refractivity contribution in [1.82, 2.24) is 0 Å². The van der Waals surface area contributed by atoms with Crippen molar-refractivity contribution < 1.29 is 13.9 Å². The van der Waals surface area contributed by atoms with Crippen molar-refractivity contribution in [1.29, 1.82) is 0 Å². The number of esters is 1. The second kappa shape index (κ2) is 5.70. The Balaban J connectivity index is 2.00. The second-order valence-corrected chi connectivity index (χ2v) is 7.74. The molecule has 1 saturated carbocycles. The molecule has 0 amide bonds. The largest absolute Gasteiger partial charge is 0.472 e. The van der Waals surface area contributed by atoms with E-state index in [1.807, 2.05) is 13.0 Å². The molecule has 1 aromatic heterocycles. The van der Waals surface area contributed by atoms with E-state index in [-0.39, 0.29) is 16.8 Å². The minimum absolute atomic E-state index is 0.0682. The van der Waals surface area contributed by atoms with E-state index in [9.17, 15) is 4.79 Å². The summed E-state index contributed by atoms with van der Waals surface area (Å²) in [4.78, 5) is 12.3. The van der Waals surface area contributed by atoms with Crippen LogP contribution in [0.15, 0.2) is 46.0 Å². The normalized spacial score (nSPS) is 27.1. The number of fused-ring (bicyclic) bond motifs is 1. The van der Waals surface area contributed by atoms with Crippen LogP contribution in [0.25, 0.3) is 0 Å². The lowest BCUT2D eigenvalue weighted by Crippen LogP contribution is -2.36. The zero-order valence-electron chi connectivity index (χ0n) is 14.6. The van der Waals surface area contributed by atoms with E-state index in [2.05, 4.69) is 20.8 Å². The molecule has 0 aromatic carbocycles. The first-order chi connectivity index (χ1) is 10.8. The van der Waals surface area contributed by atoms with Gasteiger partial charge in [-0.2, -0.15) is 0 Å². The molecule has 1 aliphatic heterocycles. The van der Waals surface area contributed by atoms with Gasteiger partial charge in [-0.25, -0.2) is 4.79 Å². The van der Waals surface area contributed by atoms with Crippen LogP contribution in [-0.2, 0) is 16.0 Å². The monoisotopic (exact) mass is 314 g/mol. The van der Waals surface area contributed by atoms with Crippen LogP contribution in [0.1, 0.15) is 58.9 Å². The quantitative estimate of drug-likeness (QED) is 0.721. The van der Waals surface area contributed by atoms with E-state index in [1.165, 1.54) is 23.1 Å². The minimum atomic E-state index is -0.203. The maximum atomic E-state index is 12.3. The molecule has 1 aromatic rings. The lowest BCUT2D eigenvalue weighted by atomic mass is 9.57. The molecule has 0 spiro atoms. The van der Waals surface area contributed by atoms with E-state index >= 15 is 0 Å². The summed E-state index contributed by atoms with van der Waals surface area (Å²) in [7, 11) is 0. The van der Waals surface area contributed by atoms with E-state index in [4.69, 9.17) is 9.15 Å². The fraction of sp³-hybridized carbons (Fsp3) is 0.550. The SMILES string of the molecule is CC1=C(CCc2ccoc2)[C@@]2(C)CCCC(C)(C)C2=COC1=O. The highest BCUT2D eigenvalue weighted by atomic mass is 16.5. The van der Waals surface area contributed by atoms with Crippen LogP contribution in [0.3, 0.4) is 0 Å². The van der Waals surface area contributed by atoms with Crippen molar-refractivity contribution in [3.63, 3.8) is 0 Å². The van der Waals surface area contributed by atoms with Gasteiger partial charge in [-0.15, -0.1) is 0 Å². The molecule has 3 heteroatoms. The van der Waals surface area contributed by atoms with Gasteiger partial charge in [0.05, 0.1) is 18.8 Å². The first-order valence-electron chi connectivity index (χ1n) is 8.48. The van der Waals surface area contributed by atoms with E-state index in [0.29, 0.717) is 0 Å². The van der Waals surface area contributed by atoms with Crippen LogP contribution in [-0.4, -0.2) is 5.97 Å². The second-order valence-electron chi connectivity index (χ2n) is 7.74. The lowest BCUT2D eigenvalue weighted by Gasteiger charge is -2.46. The summed E-state index contributed by atoms with van der Waals surface area (Å²) >= 11 is 0. The van der Waals surface area contributed by atoms with Crippen molar-refractivity contribution in [2.45, 2.75) is 59.8 Å². The van der Waals surface area contributed by atoms with Crippen LogP contribution >= 0.6 is 0 Å². The van der Waals surface area contributed by atoms with Crippen LogP contribution in [0.4, 0.5) is 0 Å². The van der Waals surface area contributed by atoms with Crippen LogP contribution in [0, 0.1) is 10.8 Å². The highest BCUT2D eigenvalue weighted by Crippen LogP contribution is 2.56. The Kier molecular flexibility index (Phi) is 3.99. The van der Waals surface area contributed by atoms with Gasteiger partial charge in [0, 0.05) is 11.0 Å². The molecule has 124 valence electrons. The van der Waals surface area contributed by atoms with Gasteiger partial charge in [-0.1, -0.05) is 27.2 Å². The molecule has 3 nitrogen and oxygen atoms in total. The van der Waals surface area contributed by atoms with Crippen molar-refractivity contribution in [3.05, 3.63) is 47.1 Å². The number of hydrogen-bond acceptors (Lipinski definition) is 3. The number of ether oxygens (including phenoxy) is 1. The molecular formula is C20H26O3. The average molecular weight is 314 g/mol. The summed E-state index contributed by atoms with van der Waals surface area (Å²) in [5.41, 5.74) is 4.44. The average Bonchev–Trinajstić information content (AvgIpc) is 2.95. The van der Waals surface area contributed by atoms with Crippen LogP contribution in [0.5, 0.6) is 0 Å². The van der Waals surface area contributed by atoms with Gasteiger partial charge in [0.25, 0.3) is 0 Å². The molecule has 1 fully saturated rings. The smallest absolute Gasteiger partial charge is 0.338 e. The third kappa shape index (κ3) is 2.77. The standard InChI is InChI=1S/C20H26O3/c1-14-16(7-6-15-8-11-22-12-15)20(4)10-5-9-19(2,3)17(20)13-23-18(14)21/h8,11-13H,5-7,9-10H2,1-4H3/t20-/m1/s1. The van der Waals surface area contributed by atoms with Gasteiger partial charge in [-0.3, -0.25) is 0 Å². The van der Waals surface area contributed by atoms with Crippen molar-refractivity contribution >= 4 is 5.97 Å². The Morgan fingerprint density at radius 3 is 2.65 bits per heavy atom. The maximum absolute atomic E-state index is 12.3. The zero-order valence-corrected chi connectivity index (χ0v) is 14.6. The Hall–Kier alpha value is -1.77. The summed E-state index contributed by atoms with van der Waals surface area (Å²) < 4.78 is 10.6. The highest BCUT2D eigenvalue weighted by Gasteiger charge is 2.46. The number of carbonyl (C=O) groups excluding carboxylic acids is 1. The van der Waals surface area contributed by atoms with Crippen LogP contribution < -0.4 is 0 Å². The molecule has 23 heavy (non-hydrogen) atoms. The van der Waals surface area contributed by atoms with E-state index in [0.717, 1.165) is 31.3 Å². The topological polar surface area (TPSA) is 39.4 Å². The number of carbonyl (C=O) groups is 1. The van der Waals surface area contributed by atoms with E-state index in [1.54, 1.807) is 18.8 Å². The molecule has 0 N–H and O–H groups in total. The minimum Gasteiger partial charge on any atom is -0.472 e. The molecule has 2 aliphatic rings. The summed E-state index contributed by atoms with van der Waals surface area (Å²) in [6.07, 6.45) is 10.4.